The van der Waals surface area contributed by atoms with E-state index in [0.29, 0.717) is 0 Å². The van der Waals surface area contributed by atoms with Gasteiger partial charge in [0.2, 0.25) is 11.7 Å². The molecule has 0 heterocycles. The van der Waals surface area contributed by atoms with Crippen LogP contribution in [0, 0.1) is 10.1 Å². The standard InChI is InChI=1S/C13H13ClN2O8/c1-6(17)15-10-8(14)4-7(13(19)23-3)12(11(10)16(20)21)24-5-9(18)22-2/h4H,5H2,1-3H3,(H,15,17). The lowest BCUT2D eigenvalue weighted by Crippen LogP contribution is -2.17. The minimum absolute atomic E-state index is 0.275. The van der Waals surface area contributed by atoms with Crippen molar-refractivity contribution in [2.75, 3.05) is 26.1 Å². The summed E-state index contributed by atoms with van der Waals surface area (Å²) < 4.78 is 13.9. The van der Waals surface area contributed by atoms with Crippen molar-refractivity contribution in [1.82, 2.24) is 0 Å². The Morgan fingerprint density at radius 1 is 1.29 bits per heavy atom. The van der Waals surface area contributed by atoms with Crippen LogP contribution in [-0.2, 0) is 19.1 Å². The van der Waals surface area contributed by atoms with Gasteiger partial charge in [-0.15, -0.1) is 0 Å². The highest BCUT2D eigenvalue weighted by Crippen LogP contribution is 2.43. The third-order valence-electron chi connectivity index (χ3n) is 2.66. The van der Waals surface area contributed by atoms with Gasteiger partial charge in [-0.3, -0.25) is 14.9 Å². The van der Waals surface area contributed by atoms with E-state index in [0.717, 1.165) is 27.2 Å². The molecule has 0 saturated carbocycles. The summed E-state index contributed by atoms with van der Waals surface area (Å²) in [7, 11) is 2.14. The Labute approximate surface area is 140 Å². The highest BCUT2D eigenvalue weighted by Gasteiger charge is 2.32. The molecular weight excluding hydrogens is 348 g/mol. The van der Waals surface area contributed by atoms with Crippen LogP contribution in [0.3, 0.4) is 0 Å². The van der Waals surface area contributed by atoms with E-state index in [1.54, 1.807) is 0 Å². The van der Waals surface area contributed by atoms with E-state index in [4.69, 9.17) is 16.3 Å². The summed E-state index contributed by atoms with van der Waals surface area (Å²) >= 11 is 5.91. The third kappa shape index (κ3) is 4.32. The number of nitrogens with one attached hydrogen (secondary N) is 1. The molecule has 10 nitrogen and oxygen atoms in total. The fourth-order valence-corrected chi connectivity index (χ4v) is 1.93. The lowest BCUT2D eigenvalue weighted by Gasteiger charge is -2.14. The van der Waals surface area contributed by atoms with Crippen LogP contribution >= 0.6 is 11.6 Å². The average Bonchev–Trinajstić information content (AvgIpc) is 2.52. The number of anilines is 1. The summed E-state index contributed by atoms with van der Waals surface area (Å²) in [6.07, 6.45) is 0. The minimum atomic E-state index is -0.978. The predicted molar refractivity (Wildman–Crippen MR) is 81.3 cm³/mol. The molecule has 24 heavy (non-hydrogen) atoms. The number of benzene rings is 1. The largest absolute Gasteiger partial charge is 0.474 e. The molecule has 1 amide bonds. The molecule has 0 aromatic heterocycles. The smallest absolute Gasteiger partial charge is 0.343 e. The average molecular weight is 361 g/mol. The van der Waals surface area contributed by atoms with Crippen molar-refractivity contribution in [2.45, 2.75) is 6.92 Å². The van der Waals surface area contributed by atoms with E-state index in [9.17, 15) is 24.5 Å². The number of esters is 2. The number of hydrogen-bond acceptors (Lipinski definition) is 8. The zero-order chi connectivity index (χ0) is 18.4. The minimum Gasteiger partial charge on any atom is -0.474 e. The summed E-state index contributed by atoms with van der Waals surface area (Å²) in [5, 5.41) is 13.3. The number of nitrogens with zero attached hydrogens (tertiary/aromatic N) is 1. The lowest BCUT2D eigenvalue weighted by molar-refractivity contribution is -0.384. The van der Waals surface area contributed by atoms with Crippen LogP contribution in [0.5, 0.6) is 5.75 Å². The lowest BCUT2D eigenvalue weighted by atomic mass is 10.1. The number of hydrogen-bond donors (Lipinski definition) is 1. The maximum atomic E-state index is 11.8. The van der Waals surface area contributed by atoms with E-state index in [1.165, 1.54) is 0 Å². The molecule has 0 fully saturated rings. The molecule has 1 aromatic rings. The van der Waals surface area contributed by atoms with Crippen LogP contribution in [0.25, 0.3) is 0 Å². The van der Waals surface area contributed by atoms with Crippen LogP contribution in [0.4, 0.5) is 11.4 Å². The molecule has 11 heteroatoms. The molecular formula is C13H13ClN2O8. The van der Waals surface area contributed by atoms with Crippen LogP contribution < -0.4 is 10.1 Å². The molecule has 0 unspecified atom stereocenters. The van der Waals surface area contributed by atoms with Crippen molar-refractivity contribution >= 4 is 40.8 Å². The first kappa shape index (κ1) is 19.2. The van der Waals surface area contributed by atoms with Crippen LogP contribution in [0.15, 0.2) is 6.07 Å². The van der Waals surface area contributed by atoms with Crippen molar-refractivity contribution in [1.29, 1.82) is 0 Å². The van der Waals surface area contributed by atoms with Gasteiger partial charge in [0.1, 0.15) is 11.3 Å². The van der Waals surface area contributed by atoms with Gasteiger partial charge in [0.05, 0.1) is 24.2 Å². The Morgan fingerprint density at radius 3 is 2.38 bits per heavy atom. The molecule has 0 aliphatic carbocycles. The molecule has 0 atom stereocenters. The second-order valence-electron chi connectivity index (χ2n) is 4.25. The van der Waals surface area contributed by atoms with Crippen molar-refractivity contribution in [3.05, 3.63) is 26.8 Å². The third-order valence-corrected chi connectivity index (χ3v) is 2.96. The zero-order valence-electron chi connectivity index (χ0n) is 12.9. The topological polar surface area (TPSA) is 134 Å². The molecule has 1 N–H and O–H groups in total. The number of carbonyl (C=O) groups is 3. The summed E-state index contributed by atoms with van der Waals surface area (Å²) in [6, 6.07) is 1.03. The van der Waals surface area contributed by atoms with Crippen LogP contribution in [0.1, 0.15) is 17.3 Å². The Kier molecular flexibility index (Phi) is 6.48. The molecule has 130 valence electrons. The van der Waals surface area contributed by atoms with Gasteiger partial charge < -0.3 is 19.5 Å². The number of halogens is 1. The quantitative estimate of drug-likeness (QED) is 0.458. The normalized spacial score (nSPS) is 9.83. The second-order valence-corrected chi connectivity index (χ2v) is 4.66. The first-order chi connectivity index (χ1) is 11.2. The molecule has 1 rings (SSSR count). The number of ether oxygens (including phenoxy) is 3. The van der Waals surface area contributed by atoms with E-state index in [1.807, 2.05) is 0 Å². The number of nitro groups is 1. The van der Waals surface area contributed by atoms with E-state index < -0.39 is 40.8 Å². The predicted octanol–water partition coefficient (Wildman–Crippen LogP) is 1.54. The summed E-state index contributed by atoms with van der Waals surface area (Å²) in [5.41, 5.74) is -1.55. The van der Waals surface area contributed by atoms with E-state index in [2.05, 4.69) is 14.8 Å². The summed E-state index contributed by atoms with van der Waals surface area (Å²) in [6.45, 7) is 0.408. The fourth-order valence-electron chi connectivity index (χ4n) is 1.69. The zero-order valence-corrected chi connectivity index (χ0v) is 13.6. The van der Waals surface area contributed by atoms with Crippen LogP contribution in [0.2, 0.25) is 5.02 Å². The molecule has 0 aliphatic rings. The number of rotatable bonds is 6. The first-order valence-corrected chi connectivity index (χ1v) is 6.67. The number of carbonyl (C=O) groups excluding carboxylic acids is 3. The Bertz CT molecular complexity index is 704. The number of nitro benzene ring substituents is 1. The van der Waals surface area contributed by atoms with Crippen molar-refractivity contribution in [3.8, 4) is 5.75 Å². The number of amides is 1. The molecule has 0 bridgehead atoms. The highest BCUT2D eigenvalue weighted by atomic mass is 35.5. The SMILES string of the molecule is COC(=O)COc1c(C(=O)OC)cc(Cl)c(NC(C)=O)c1[N+](=O)[O-]. The van der Waals surface area contributed by atoms with Crippen LogP contribution in [-0.4, -0.2) is 43.6 Å². The highest BCUT2D eigenvalue weighted by molar-refractivity contribution is 6.35. The monoisotopic (exact) mass is 360 g/mol. The molecule has 0 saturated heterocycles. The van der Waals surface area contributed by atoms with Crippen molar-refractivity contribution < 1.29 is 33.5 Å². The molecule has 0 spiro atoms. The Hall–Kier alpha value is -2.88. The van der Waals surface area contributed by atoms with Gasteiger partial charge in [-0.1, -0.05) is 11.6 Å². The van der Waals surface area contributed by atoms with Gasteiger partial charge in [-0.05, 0) is 6.07 Å². The number of methoxy groups -OCH3 is 2. The van der Waals surface area contributed by atoms with E-state index >= 15 is 0 Å². The molecule has 0 aliphatic heterocycles. The maximum Gasteiger partial charge on any atom is 0.343 e. The Balaban J connectivity index is 3.61. The first-order valence-electron chi connectivity index (χ1n) is 6.29. The second kappa shape index (κ2) is 8.11. The van der Waals surface area contributed by atoms with Gasteiger partial charge in [-0.2, -0.15) is 0 Å². The summed E-state index contributed by atoms with van der Waals surface area (Å²) in [5.74, 6) is -3.03. The van der Waals surface area contributed by atoms with Gasteiger partial charge >= 0.3 is 17.6 Å². The van der Waals surface area contributed by atoms with Gasteiger partial charge in [0.25, 0.3) is 0 Å². The van der Waals surface area contributed by atoms with Gasteiger partial charge in [0, 0.05) is 6.92 Å². The molecule has 1 aromatic carbocycles. The summed E-state index contributed by atoms with van der Waals surface area (Å²) in [4.78, 5) is 44.8. The molecule has 0 radical (unpaired) electrons. The van der Waals surface area contributed by atoms with E-state index in [-0.39, 0.29) is 16.3 Å². The van der Waals surface area contributed by atoms with Crippen molar-refractivity contribution in [3.63, 3.8) is 0 Å². The van der Waals surface area contributed by atoms with Gasteiger partial charge in [-0.25, -0.2) is 9.59 Å². The fraction of sp³-hybridized carbons (Fsp3) is 0.308. The Morgan fingerprint density at radius 2 is 1.92 bits per heavy atom. The van der Waals surface area contributed by atoms with Gasteiger partial charge in [0.15, 0.2) is 6.61 Å². The van der Waals surface area contributed by atoms with Crippen molar-refractivity contribution in [2.24, 2.45) is 0 Å². The maximum absolute atomic E-state index is 11.8.